The van der Waals surface area contributed by atoms with Gasteiger partial charge in [0, 0.05) is 48.0 Å². The zero-order chi connectivity index (χ0) is 107. The number of ether oxygens (including phenoxy) is 21. The molecule has 11 aliphatic rings. The lowest BCUT2D eigenvalue weighted by Gasteiger charge is -2.51. The topological polar surface area (TPSA) is 992 Å². The second-order valence-corrected chi connectivity index (χ2v) is 36.7. The van der Waals surface area contributed by atoms with Gasteiger partial charge < -0.3 is 285 Å². The maximum Gasteiger partial charge on any atom is 0.364 e. The summed E-state index contributed by atoms with van der Waals surface area (Å²) in [6, 6.07) is -11.4. The lowest BCUT2D eigenvalue weighted by atomic mass is 9.88. The molecule has 36 N–H and O–H groups in total. The van der Waals surface area contributed by atoms with E-state index in [1.54, 1.807) is 0 Å². The molecule has 56 atom stereocenters. The fraction of sp³-hybridized carbons (Fsp3) is 0.914. The van der Waals surface area contributed by atoms with Gasteiger partial charge in [-0.25, -0.2) is 4.79 Å². The van der Waals surface area contributed by atoms with E-state index in [2.05, 4.69) is 31.9 Å². The van der Waals surface area contributed by atoms with Crippen LogP contribution in [0.5, 0.6) is 0 Å². The van der Waals surface area contributed by atoms with Crippen LogP contribution in [0.15, 0.2) is 0 Å². The number of hydrogen-bond acceptors (Lipinski definition) is 57. The van der Waals surface area contributed by atoms with Crippen LogP contribution >= 0.6 is 0 Å². The molecule has 0 bridgehead atoms. The van der Waals surface area contributed by atoms with Crippen LogP contribution in [0.25, 0.3) is 0 Å². The third-order valence-electron chi connectivity index (χ3n) is 26.3. The summed E-state index contributed by atoms with van der Waals surface area (Å²) in [7, 11) is 0. The molecule has 836 valence electrons. The van der Waals surface area contributed by atoms with E-state index in [1.807, 2.05) is 0 Å². The highest BCUT2D eigenvalue weighted by Crippen LogP contribution is 2.43. The first-order valence-corrected chi connectivity index (χ1v) is 46.1. The average molecular weight is 2120 g/mol. The van der Waals surface area contributed by atoms with Crippen LogP contribution < -0.4 is 31.9 Å². The van der Waals surface area contributed by atoms with Gasteiger partial charge >= 0.3 is 5.97 Å². The molecular formula is C81H134N6O58. The Bertz CT molecular complexity index is 4150. The summed E-state index contributed by atoms with van der Waals surface area (Å²) in [5.74, 6) is -10.9. The number of aliphatic carboxylic acids is 1. The normalized spacial score (nSPS) is 47.2. The van der Waals surface area contributed by atoms with E-state index in [0.717, 1.165) is 41.5 Å². The van der Waals surface area contributed by atoms with Crippen molar-refractivity contribution in [3.8, 4) is 0 Å². The van der Waals surface area contributed by atoms with Crippen LogP contribution in [0.1, 0.15) is 54.9 Å². The number of carbonyl (C=O) groups excluding carboxylic acids is 6. The zero-order valence-corrected chi connectivity index (χ0v) is 78.4. The van der Waals surface area contributed by atoms with Gasteiger partial charge in [0.1, 0.15) is 256 Å². The van der Waals surface area contributed by atoms with Crippen molar-refractivity contribution in [2.45, 2.75) is 398 Å². The van der Waals surface area contributed by atoms with Crippen LogP contribution in [0.4, 0.5) is 0 Å². The number of carboxylic acid groups (broad SMARTS) is 1. The Morgan fingerprint density at radius 1 is 0.297 bits per heavy atom. The molecule has 0 saturated carbocycles. The van der Waals surface area contributed by atoms with Gasteiger partial charge in [-0.15, -0.1) is 0 Å². The van der Waals surface area contributed by atoms with E-state index in [4.69, 9.17) is 99.5 Å². The Morgan fingerprint density at radius 2 is 0.614 bits per heavy atom. The number of nitrogens with one attached hydrogen (secondary N) is 6. The lowest BCUT2D eigenvalue weighted by Crippen LogP contribution is -2.71. The number of hydrogen-bond donors (Lipinski definition) is 36. The molecule has 0 aliphatic carbocycles. The van der Waals surface area contributed by atoms with E-state index < -0.39 is 457 Å². The van der Waals surface area contributed by atoms with Crippen LogP contribution in [0.3, 0.4) is 0 Å². The van der Waals surface area contributed by atoms with E-state index in [9.17, 15) is 187 Å². The van der Waals surface area contributed by atoms with Crippen LogP contribution in [-0.2, 0) is 133 Å². The molecule has 0 aromatic heterocycles. The molecule has 0 aromatic carbocycles. The van der Waals surface area contributed by atoms with Crippen molar-refractivity contribution in [2.75, 3.05) is 66.1 Å². The van der Waals surface area contributed by atoms with Gasteiger partial charge in [-0.3, -0.25) is 28.8 Å². The van der Waals surface area contributed by atoms with Crippen LogP contribution in [-0.4, -0.2) is 604 Å². The minimum Gasteiger partial charge on any atom is -0.477 e. The summed E-state index contributed by atoms with van der Waals surface area (Å²) in [5.41, 5.74) is 0. The smallest absolute Gasteiger partial charge is 0.364 e. The van der Waals surface area contributed by atoms with Gasteiger partial charge in [-0.05, 0) is 6.92 Å². The SMILES string of the molecule is CC(=O)N[C@@H]1[C@H](O[C@@H]2[C@@H](O[C@@H]3[C@H](O)[C@H](O[C@H]4[C@H](O)[C@@H](NC(C)=O)[C@H](O[C@H]5[C@H](O)[C@@H](NC(C)=O)C(O)O[C@@H]5CO[C@@H]5O[C@@H](C)[C@@H](O)[C@@H](O)[C@@H]5O)O[C@@H]4CO)O[C@H](CO[C@H]4O[C@H](CO)[C@@H](O)[C@H](O)[C@@H]4O[C@@H]4O[C@H](CO)[C@@H](O[C@@H]5O[C@H](CO)[C@H](O)[C@H](O)[C@H]5NC(C)=O)[C@H](O)[C@H]4NC(C)=O)[C@H]3O)O[C@H](CO)[C@@H](O)[C@@H]2O)O[C@H](CO)[C@@H](O[C@@H]2O[C@H](CO[C@]3(C(=O)O)C[C@H](O)[C@@H](NC(C)=O)[C@H]([C@H](O)[C@H](O)CO)O3)[C@H](O)[C@H](O)[C@H]2O)[C@@H]1O. The molecule has 11 saturated heterocycles. The number of aliphatic hydroxyl groups is 29. The van der Waals surface area contributed by atoms with Crippen molar-refractivity contribution in [1.82, 2.24) is 31.9 Å². The van der Waals surface area contributed by atoms with Gasteiger partial charge in [0.25, 0.3) is 5.79 Å². The Morgan fingerprint density at radius 3 is 1.05 bits per heavy atom. The molecule has 6 amide bonds. The van der Waals surface area contributed by atoms with Crippen LogP contribution in [0.2, 0.25) is 0 Å². The fourth-order valence-electron chi connectivity index (χ4n) is 18.7. The van der Waals surface area contributed by atoms with Crippen LogP contribution in [0, 0.1) is 0 Å². The van der Waals surface area contributed by atoms with Crippen molar-refractivity contribution in [3.63, 3.8) is 0 Å². The largest absolute Gasteiger partial charge is 0.477 e. The highest BCUT2D eigenvalue weighted by molar-refractivity contribution is 5.77. The Hall–Kier alpha value is -5.71. The second-order valence-electron chi connectivity index (χ2n) is 36.7. The number of aliphatic hydroxyl groups excluding tert-OH is 29. The lowest BCUT2D eigenvalue weighted by molar-refractivity contribution is -0.399. The maximum absolute atomic E-state index is 13.4. The van der Waals surface area contributed by atoms with E-state index in [-0.39, 0.29) is 0 Å². The molecule has 11 aliphatic heterocycles. The van der Waals surface area contributed by atoms with Crippen molar-refractivity contribution in [1.29, 1.82) is 0 Å². The number of carboxylic acids is 1. The van der Waals surface area contributed by atoms with E-state index in [1.165, 1.54) is 6.92 Å². The van der Waals surface area contributed by atoms with Crippen molar-refractivity contribution < 1.29 is 286 Å². The first-order valence-electron chi connectivity index (χ1n) is 46.1. The molecule has 145 heavy (non-hydrogen) atoms. The van der Waals surface area contributed by atoms with E-state index >= 15 is 0 Å². The number of amides is 6. The van der Waals surface area contributed by atoms with Gasteiger partial charge in [0.2, 0.25) is 35.4 Å². The third-order valence-corrected chi connectivity index (χ3v) is 26.3. The minimum atomic E-state index is -3.13. The molecular weight excluding hydrogens is 1980 g/mol. The predicted octanol–water partition coefficient (Wildman–Crippen LogP) is -23.9. The molecule has 11 rings (SSSR count). The summed E-state index contributed by atoms with van der Waals surface area (Å²) in [6.07, 6.45) is -107. The molecule has 1 unspecified atom stereocenters. The van der Waals surface area contributed by atoms with Gasteiger partial charge in [0.05, 0.1) is 84.3 Å². The van der Waals surface area contributed by atoms with Crippen molar-refractivity contribution in [3.05, 3.63) is 0 Å². The highest BCUT2D eigenvalue weighted by atomic mass is 16.8. The maximum atomic E-state index is 13.4. The first kappa shape index (κ1) is 120. The molecule has 0 aromatic rings. The Labute approximate surface area is 821 Å². The highest BCUT2D eigenvalue weighted by Gasteiger charge is 2.64. The molecule has 64 nitrogen and oxygen atoms in total. The van der Waals surface area contributed by atoms with Gasteiger partial charge in [0.15, 0.2) is 62.9 Å². The number of carbonyl (C=O) groups is 7. The quantitative estimate of drug-likeness (QED) is 0.0272. The predicted molar refractivity (Wildman–Crippen MR) is 448 cm³/mol. The molecule has 11 fully saturated rings. The summed E-state index contributed by atoms with van der Waals surface area (Å²) >= 11 is 0. The zero-order valence-electron chi connectivity index (χ0n) is 78.4. The second kappa shape index (κ2) is 51.8. The van der Waals surface area contributed by atoms with Gasteiger partial charge in [-0.2, -0.15) is 0 Å². The first-order chi connectivity index (χ1) is 68.3. The molecule has 11 heterocycles. The van der Waals surface area contributed by atoms with E-state index in [0.29, 0.717) is 0 Å². The molecule has 0 spiro atoms. The van der Waals surface area contributed by atoms with Crippen molar-refractivity contribution in [2.24, 2.45) is 0 Å². The summed E-state index contributed by atoms with van der Waals surface area (Å²) in [6.45, 7) is -5.03. The Balaban J connectivity index is 0.913. The third kappa shape index (κ3) is 27.0. The monoisotopic (exact) mass is 2120 g/mol. The molecule has 64 heteroatoms. The Kier molecular flexibility index (Phi) is 42.7. The standard InChI is InChI=1S/C81H134N6O58/c1-19-43(103)55(115)59(119)75(128-19)125-17-36-65(51(111)38(70(122)129-36)83-21(3)96)139-72-40(85-23(5)98)53(113)64(33(15-94)133-72)141-77-61(121)67(49(109)34(136-77)16-126-78-68(57(117)46(106)29(11-90)131-78)143-73-41(86-24(6)99)52(112)62(31(13-92)134-73)138-71-39(84-22(4)97)50(110)45(105)28(10-89)130-71)142-79-69(58(118)47(107)30(12-91)132-79)144-74-42(87-25(7)100)54(114)63(32(14-93)135-74)140-76-60(120)56(116)48(108)35(137-76)18-127-81(80(123)124)8-26(101)37(82-20(2)95)66(145-81)44(104)27(102)9-88/h19,26-79,88-94,101-122H,8-18H2,1-7H3,(H,82,95)(H,83,96)(H,84,97)(H,85,98)(H,86,99)(H,87,100)(H,123,124)/t19-,26-,27+,28+,29+,30+,31+,32+,33+,34+,35+,36+,37+,38+,39+,40+,41+,42-,43+,44+,45-,46+,47+,48-,49+,50+,51+,52+,53+,54+,55+,56-,57-,58-,59-,60+,61-,62+,63+,64+,65+,66+,67-,68-,69-,70?,71-,72-,73-,74-,75+,76-,77-,78-,79+,81+/m0/s1. The van der Waals surface area contributed by atoms with Crippen molar-refractivity contribution >= 4 is 41.4 Å². The minimum absolute atomic E-state index is 0.833. The summed E-state index contributed by atoms with van der Waals surface area (Å²) in [4.78, 5) is 90.1. The van der Waals surface area contributed by atoms with Gasteiger partial charge in [-0.1, -0.05) is 0 Å². The molecule has 0 radical (unpaired) electrons. The summed E-state index contributed by atoms with van der Waals surface area (Å²) < 4.78 is 126. The average Bonchev–Trinajstić information content (AvgIpc) is 0.766. The number of rotatable bonds is 39. The summed E-state index contributed by atoms with van der Waals surface area (Å²) in [5, 5.41) is 353. The fourth-order valence-corrected chi connectivity index (χ4v) is 18.7.